The number of nitrogens with zero attached hydrogens (tertiary/aromatic N) is 2. The number of hydrogen-bond acceptors (Lipinski definition) is 4. The van der Waals surface area contributed by atoms with Crippen LogP contribution < -0.4 is 9.62 Å². The average molecular weight is 454 g/mol. The van der Waals surface area contributed by atoms with Crippen LogP contribution in [0.15, 0.2) is 72.8 Å². The van der Waals surface area contributed by atoms with Gasteiger partial charge in [0, 0.05) is 16.3 Å². The second-order valence-corrected chi connectivity index (χ2v) is 9.21. The van der Waals surface area contributed by atoms with Crippen LogP contribution in [0.2, 0.25) is 5.02 Å². The second kappa shape index (κ2) is 9.65. The first-order valence-electron chi connectivity index (χ1n) is 9.36. The standard InChI is InChI=1S/C23H20ClN3O3S/c1-31(29,30)27(16-19-4-2-3-5-22(19)24)21-12-8-18(9-13-21)23(28)26-20-10-6-17(7-11-20)14-15-25/h2-13H,14,16H2,1H3,(H,26,28). The zero-order chi connectivity index (χ0) is 22.4. The summed E-state index contributed by atoms with van der Waals surface area (Å²) in [4.78, 5) is 12.5. The molecule has 6 nitrogen and oxygen atoms in total. The predicted molar refractivity (Wildman–Crippen MR) is 123 cm³/mol. The summed E-state index contributed by atoms with van der Waals surface area (Å²) in [7, 11) is -3.57. The van der Waals surface area contributed by atoms with Crippen LogP contribution in [0.3, 0.4) is 0 Å². The molecular formula is C23H20ClN3O3S. The molecule has 0 spiro atoms. The fourth-order valence-corrected chi connectivity index (χ4v) is 4.03. The molecule has 0 bridgehead atoms. The van der Waals surface area contributed by atoms with E-state index in [9.17, 15) is 13.2 Å². The molecule has 0 unspecified atom stereocenters. The van der Waals surface area contributed by atoms with Gasteiger partial charge in [0.05, 0.1) is 31.0 Å². The number of nitriles is 1. The lowest BCUT2D eigenvalue weighted by Gasteiger charge is -2.23. The third-order valence-corrected chi connectivity index (χ3v) is 6.09. The van der Waals surface area contributed by atoms with Gasteiger partial charge in [0.25, 0.3) is 5.91 Å². The molecule has 3 aromatic carbocycles. The van der Waals surface area contributed by atoms with Crippen LogP contribution in [0, 0.1) is 11.3 Å². The first-order chi connectivity index (χ1) is 14.8. The van der Waals surface area contributed by atoms with Crippen molar-refractivity contribution >= 4 is 38.9 Å². The summed E-state index contributed by atoms with van der Waals surface area (Å²) in [6.07, 6.45) is 1.43. The molecule has 8 heteroatoms. The number of amides is 1. The van der Waals surface area contributed by atoms with Crippen LogP contribution in [0.25, 0.3) is 0 Å². The van der Waals surface area contributed by atoms with Gasteiger partial charge in [-0.2, -0.15) is 5.26 Å². The molecule has 0 heterocycles. The van der Waals surface area contributed by atoms with Gasteiger partial charge in [-0.3, -0.25) is 9.10 Å². The van der Waals surface area contributed by atoms with E-state index >= 15 is 0 Å². The Kier molecular flexibility index (Phi) is 6.95. The Morgan fingerprint density at radius 1 is 1.03 bits per heavy atom. The number of halogens is 1. The maximum atomic E-state index is 12.5. The molecule has 0 atom stereocenters. The topological polar surface area (TPSA) is 90.3 Å². The average Bonchev–Trinajstić information content (AvgIpc) is 2.74. The van der Waals surface area contributed by atoms with Crippen molar-refractivity contribution in [1.82, 2.24) is 0 Å². The molecule has 1 amide bonds. The normalized spacial score (nSPS) is 10.9. The van der Waals surface area contributed by atoms with Gasteiger partial charge >= 0.3 is 0 Å². The minimum Gasteiger partial charge on any atom is -0.322 e. The summed E-state index contributed by atoms with van der Waals surface area (Å²) in [5.74, 6) is -0.323. The highest BCUT2D eigenvalue weighted by molar-refractivity contribution is 7.92. The summed E-state index contributed by atoms with van der Waals surface area (Å²) < 4.78 is 26.0. The van der Waals surface area contributed by atoms with E-state index in [0.29, 0.717) is 33.9 Å². The molecule has 0 aliphatic rings. The molecule has 0 saturated carbocycles. The summed E-state index contributed by atoms with van der Waals surface area (Å²) >= 11 is 6.19. The van der Waals surface area contributed by atoms with Gasteiger partial charge in [-0.25, -0.2) is 8.42 Å². The Labute approximate surface area is 186 Å². The number of rotatable bonds is 7. The zero-order valence-electron chi connectivity index (χ0n) is 16.7. The fourth-order valence-electron chi connectivity index (χ4n) is 2.96. The van der Waals surface area contributed by atoms with E-state index in [2.05, 4.69) is 11.4 Å². The number of carbonyl (C=O) groups excluding carboxylic acids is 1. The highest BCUT2D eigenvalue weighted by atomic mass is 35.5. The first-order valence-corrected chi connectivity index (χ1v) is 11.6. The van der Waals surface area contributed by atoms with Crippen LogP contribution in [-0.4, -0.2) is 20.6 Å². The predicted octanol–water partition coefficient (Wildman–Crippen LogP) is 4.62. The Balaban J connectivity index is 1.77. The molecule has 0 aliphatic carbocycles. The Morgan fingerprint density at radius 3 is 2.26 bits per heavy atom. The number of sulfonamides is 1. The lowest BCUT2D eigenvalue weighted by molar-refractivity contribution is 0.102. The summed E-state index contributed by atoms with van der Waals surface area (Å²) in [6.45, 7) is 0.0824. The van der Waals surface area contributed by atoms with Gasteiger partial charge in [0.2, 0.25) is 10.0 Å². The highest BCUT2D eigenvalue weighted by Crippen LogP contribution is 2.25. The minimum absolute atomic E-state index is 0.0824. The maximum Gasteiger partial charge on any atom is 0.255 e. The largest absolute Gasteiger partial charge is 0.322 e. The van der Waals surface area contributed by atoms with Crippen molar-refractivity contribution in [1.29, 1.82) is 5.26 Å². The molecule has 0 saturated heterocycles. The lowest BCUT2D eigenvalue weighted by Crippen LogP contribution is -2.29. The third kappa shape index (κ3) is 5.85. The Hall–Kier alpha value is -3.34. The minimum atomic E-state index is -3.57. The van der Waals surface area contributed by atoms with Gasteiger partial charge < -0.3 is 5.32 Å². The number of carbonyl (C=O) groups is 1. The van der Waals surface area contributed by atoms with Gasteiger partial charge in [0.15, 0.2) is 0 Å². The molecule has 0 radical (unpaired) electrons. The molecule has 1 N–H and O–H groups in total. The fraction of sp³-hybridized carbons (Fsp3) is 0.130. The van der Waals surface area contributed by atoms with Gasteiger partial charge in [-0.15, -0.1) is 0 Å². The van der Waals surface area contributed by atoms with Crippen molar-refractivity contribution in [3.8, 4) is 6.07 Å². The monoisotopic (exact) mass is 453 g/mol. The molecule has 0 fully saturated rings. The molecular weight excluding hydrogens is 434 g/mol. The lowest BCUT2D eigenvalue weighted by atomic mass is 10.1. The van der Waals surface area contributed by atoms with Crippen LogP contribution in [-0.2, 0) is 23.0 Å². The zero-order valence-corrected chi connectivity index (χ0v) is 18.3. The van der Waals surface area contributed by atoms with E-state index in [1.807, 2.05) is 0 Å². The second-order valence-electron chi connectivity index (χ2n) is 6.89. The van der Waals surface area contributed by atoms with Crippen LogP contribution in [0.4, 0.5) is 11.4 Å². The van der Waals surface area contributed by atoms with Crippen molar-refractivity contribution in [3.05, 3.63) is 94.5 Å². The quantitative estimate of drug-likeness (QED) is 0.564. The number of benzene rings is 3. The van der Waals surface area contributed by atoms with Crippen molar-refractivity contribution in [2.75, 3.05) is 15.9 Å². The van der Waals surface area contributed by atoms with Gasteiger partial charge in [-0.1, -0.05) is 41.9 Å². The van der Waals surface area contributed by atoms with E-state index in [1.165, 1.54) is 4.31 Å². The molecule has 3 aromatic rings. The van der Waals surface area contributed by atoms with E-state index in [0.717, 1.165) is 11.8 Å². The number of hydrogen-bond donors (Lipinski definition) is 1. The van der Waals surface area contributed by atoms with Crippen molar-refractivity contribution in [2.45, 2.75) is 13.0 Å². The summed E-state index contributed by atoms with van der Waals surface area (Å²) in [6, 6.07) is 22.4. The first kappa shape index (κ1) is 22.3. The summed E-state index contributed by atoms with van der Waals surface area (Å²) in [5, 5.41) is 12.0. The van der Waals surface area contributed by atoms with Crippen molar-refractivity contribution in [3.63, 3.8) is 0 Å². The van der Waals surface area contributed by atoms with Gasteiger partial charge in [-0.05, 0) is 53.6 Å². The van der Waals surface area contributed by atoms with Crippen molar-refractivity contribution in [2.24, 2.45) is 0 Å². The van der Waals surface area contributed by atoms with E-state index in [1.54, 1.807) is 72.8 Å². The number of anilines is 2. The Bertz CT molecular complexity index is 1220. The summed E-state index contributed by atoms with van der Waals surface area (Å²) in [5.41, 5.74) is 2.96. The van der Waals surface area contributed by atoms with Crippen LogP contribution in [0.5, 0.6) is 0 Å². The number of nitrogens with one attached hydrogen (secondary N) is 1. The Morgan fingerprint density at radius 2 is 1.68 bits per heavy atom. The SMILES string of the molecule is CS(=O)(=O)N(Cc1ccccc1Cl)c1ccc(C(=O)Nc2ccc(CC#N)cc2)cc1. The van der Waals surface area contributed by atoms with Gasteiger partial charge in [0.1, 0.15) is 0 Å². The van der Waals surface area contributed by atoms with E-state index in [4.69, 9.17) is 16.9 Å². The van der Waals surface area contributed by atoms with E-state index in [-0.39, 0.29) is 12.5 Å². The highest BCUT2D eigenvalue weighted by Gasteiger charge is 2.19. The third-order valence-electron chi connectivity index (χ3n) is 4.58. The van der Waals surface area contributed by atoms with E-state index < -0.39 is 10.0 Å². The smallest absolute Gasteiger partial charge is 0.255 e. The molecule has 3 rings (SSSR count). The molecule has 0 aliphatic heterocycles. The molecule has 158 valence electrons. The molecule has 0 aromatic heterocycles. The maximum absolute atomic E-state index is 12.5. The van der Waals surface area contributed by atoms with Crippen LogP contribution in [0.1, 0.15) is 21.5 Å². The van der Waals surface area contributed by atoms with Crippen molar-refractivity contribution < 1.29 is 13.2 Å². The molecule has 31 heavy (non-hydrogen) atoms. The van der Waals surface area contributed by atoms with Crippen LogP contribution >= 0.6 is 11.6 Å².